The summed E-state index contributed by atoms with van der Waals surface area (Å²) in [7, 11) is -4.10. The summed E-state index contributed by atoms with van der Waals surface area (Å²) in [5.74, 6) is -0.440. The normalized spacial score (nSPS) is 17.0. The van der Waals surface area contributed by atoms with Crippen LogP contribution in [0.1, 0.15) is 55.5 Å². The highest BCUT2D eigenvalue weighted by atomic mass is 35.5. The number of allylic oxidation sites excluding steroid dienone is 2. The molecule has 1 aliphatic rings. The van der Waals surface area contributed by atoms with Gasteiger partial charge in [0.25, 0.3) is 10.1 Å². The molecular weight excluding hydrogens is 598 g/mol. The number of halogens is 1. The number of para-hydroxylation sites is 1. The number of rotatable bonds is 11. The van der Waals surface area contributed by atoms with Crippen LogP contribution in [0.4, 0.5) is 5.69 Å². The van der Waals surface area contributed by atoms with Crippen LogP contribution in [0, 0.1) is 17.3 Å². The first-order valence-corrected chi connectivity index (χ1v) is 16.7. The van der Waals surface area contributed by atoms with E-state index in [0.29, 0.717) is 28.5 Å². The maximum atomic E-state index is 13.8. The maximum Gasteiger partial charge on any atom is 0.264 e. The van der Waals surface area contributed by atoms with Gasteiger partial charge in [-0.25, -0.2) is 0 Å². The lowest BCUT2D eigenvalue weighted by Crippen LogP contribution is -2.33. The molecule has 0 saturated heterocycles. The van der Waals surface area contributed by atoms with Crippen molar-refractivity contribution in [3.05, 3.63) is 101 Å². The Bertz CT molecular complexity index is 1770. The van der Waals surface area contributed by atoms with Gasteiger partial charge in [0.05, 0.1) is 16.5 Å². The Kier molecular flexibility index (Phi) is 9.44. The van der Waals surface area contributed by atoms with Gasteiger partial charge >= 0.3 is 0 Å². The number of nitrogens with one attached hydrogen (secondary N) is 1. The van der Waals surface area contributed by atoms with Crippen LogP contribution in [0.2, 0.25) is 5.02 Å². The van der Waals surface area contributed by atoms with E-state index >= 15 is 0 Å². The number of fused-ring (bicyclic) bond motifs is 1. The van der Waals surface area contributed by atoms with Crippen LogP contribution in [-0.4, -0.2) is 30.4 Å². The number of furan rings is 1. The Morgan fingerprint density at radius 1 is 1.07 bits per heavy atom. The van der Waals surface area contributed by atoms with Gasteiger partial charge in [-0.05, 0) is 72.9 Å². The Morgan fingerprint density at radius 2 is 1.82 bits per heavy atom. The summed E-state index contributed by atoms with van der Waals surface area (Å²) < 4.78 is 36.8. The molecule has 1 heterocycles. The van der Waals surface area contributed by atoms with Crippen LogP contribution in [-0.2, 0) is 21.3 Å². The van der Waals surface area contributed by atoms with Crippen LogP contribution in [0.5, 0.6) is 0 Å². The number of ketones is 1. The molecule has 2 unspecified atom stereocenters. The number of hydrogen-bond donors (Lipinski definition) is 2. The van der Waals surface area contributed by atoms with Crippen molar-refractivity contribution in [2.24, 2.45) is 17.3 Å². The van der Waals surface area contributed by atoms with Crippen molar-refractivity contribution in [1.82, 2.24) is 0 Å². The molecule has 1 aromatic heterocycles. The number of carbonyl (C=O) groups excluding carboxylic acids is 2. The molecule has 9 heteroatoms. The average molecular weight is 634 g/mol. The fourth-order valence-corrected chi connectivity index (χ4v) is 6.37. The zero-order chi connectivity index (χ0) is 31.5. The van der Waals surface area contributed by atoms with E-state index < -0.39 is 15.9 Å². The molecule has 0 radical (unpaired) electrons. The molecule has 4 aromatic rings. The van der Waals surface area contributed by atoms with Gasteiger partial charge in [0.15, 0.2) is 5.78 Å². The Morgan fingerprint density at radius 3 is 2.48 bits per heavy atom. The second-order valence-electron chi connectivity index (χ2n) is 12.2. The molecule has 0 spiro atoms. The van der Waals surface area contributed by atoms with Crippen molar-refractivity contribution in [2.75, 3.05) is 11.1 Å². The van der Waals surface area contributed by atoms with Crippen LogP contribution in [0.25, 0.3) is 22.3 Å². The first kappa shape index (κ1) is 31.7. The Hall–Kier alpha value is -3.72. The molecule has 1 aliphatic carbocycles. The highest BCUT2D eigenvalue weighted by Crippen LogP contribution is 2.38. The van der Waals surface area contributed by atoms with E-state index in [2.05, 4.69) is 31.3 Å². The first-order valence-electron chi connectivity index (χ1n) is 14.7. The van der Waals surface area contributed by atoms with E-state index in [9.17, 15) is 18.0 Å². The molecular formula is C35H36ClNO6S. The smallest absolute Gasteiger partial charge is 0.264 e. The summed E-state index contributed by atoms with van der Waals surface area (Å²) in [6.07, 6.45) is 6.69. The quantitative estimate of drug-likeness (QED) is 0.0974. The molecule has 2 atom stereocenters. The first-order chi connectivity index (χ1) is 20.9. The number of Topliss-reactive ketones (excluding diaryl/α,β-unsaturated/α-hetero) is 1. The molecule has 0 saturated carbocycles. The zero-order valence-electron chi connectivity index (χ0n) is 24.8. The zero-order valence-corrected chi connectivity index (χ0v) is 26.3. The van der Waals surface area contributed by atoms with Crippen molar-refractivity contribution in [1.29, 1.82) is 0 Å². The van der Waals surface area contributed by atoms with Crippen LogP contribution in [0.15, 0.2) is 89.4 Å². The van der Waals surface area contributed by atoms with E-state index in [4.69, 9.17) is 20.6 Å². The molecule has 0 aliphatic heterocycles. The minimum Gasteiger partial charge on any atom is -0.456 e. The molecule has 44 heavy (non-hydrogen) atoms. The number of anilines is 1. The van der Waals surface area contributed by atoms with Gasteiger partial charge in [-0.2, -0.15) is 8.42 Å². The number of hydrogen-bond acceptors (Lipinski definition) is 5. The monoisotopic (exact) mass is 633 g/mol. The van der Waals surface area contributed by atoms with E-state index in [0.717, 1.165) is 34.9 Å². The number of amides is 1. The van der Waals surface area contributed by atoms with E-state index in [1.807, 2.05) is 48.5 Å². The van der Waals surface area contributed by atoms with E-state index in [-0.39, 0.29) is 41.8 Å². The second-order valence-corrected chi connectivity index (χ2v) is 14.2. The van der Waals surface area contributed by atoms with Crippen molar-refractivity contribution < 1.29 is 27.0 Å². The van der Waals surface area contributed by atoms with Gasteiger partial charge in [-0.3, -0.25) is 14.1 Å². The van der Waals surface area contributed by atoms with Crippen LogP contribution >= 0.6 is 11.6 Å². The van der Waals surface area contributed by atoms with Crippen LogP contribution in [0.3, 0.4) is 0 Å². The summed E-state index contributed by atoms with van der Waals surface area (Å²) >= 11 is 6.67. The lowest BCUT2D eigenvalue weighted by Gasteiger charge is -2.32. The summed E-state index contributed by atoms with van der Waals surface area (Å²) in [6, 6.07) is 22.3. The van der Waals surface area contributed by atoms with Gasteiger partial charge in [-0.15, -0.1) is 0 Å². The average Bonchev–Trinajstić information content (AvgIpc) is 3.41. The Labute approximate surface area is 263 Å². The summed E-state index contributed by atoms with van der Waals surface area (Å²) in [5.41, 5.74) is 3.56. The molecule has 1 amide bonds. The second kappa shape index (κ2) is 13.1. The van der Waals surface area contributed by atoms with E-state index in [1.54, 1.807) is 24.3 Å². The molecule has 5 rings (SSSR count). The van der Waals surface area contributed by atoms with Gasteiger partial charge in [0.2, 0.25) is 5.91 Å². The fraction of sp³-hybridized carbons (Fsp3) is 0.314. The lowest BCUT2D eigenvalue weighted by molar-refractivity contribution is -0.121. The van der Waals surface area contributed by atoms with Crippen molar-refractivity contribution in [3.63, 3.8) is 0 Å². The van der Waals surface area contributed by atoms with Crippen molar-refractivity contribution >= 4 is 50.1 Å². The molecule has 0 bridgehead atoms. The fourth-order valence-electron chi connectivity index (χ4n) is 5.64. The minimum atomic E-state index is -4.10. The van der Waals surface area contributed by atoms with Crippen LogP contribution < -0.4 is 5.32 Å². The predicted molar refractivity (Wildman–Crippen MR) is 175 cm³/mol. The third-order valence-corrected chi connectivity index (χ3v) is 9.36. The highest BCUT2D eigenvalue weighted by Gasteiger charge is 2.32. The van der Waals surface area contributed by atoms with Crippen molar-refractivity contribution in [3.8, 4) is 11.3 Å². The third-order valence-electron chi connectivity index (χ3n) is 8.24. The third kappa shape index (κ3) is 8.05. The lowest BCUT2D eigenvalue weighted by atomic mass is 9.73. The molecule has 0 fully saturated rings. The highest BCUT2D eigenvalue weighted by molar-refractivity contribution is 7.85. The SMILES string of the molecule is CC1(C)C=CC(C(Cc2ccc(C(=O)CCCS(=O)(=O)O)cc2)C(=O)Nc2ccc(-c3cc4ccccc4o3)cc2Cl)CC1. The molecule has 7 nitrogen and oxygen atoms in total. The van der Waals surface area contributed by atoms with Gasteiger partial charge < -0.3 is 9.73 Å². The van der Waals surface area contributed by atoms with Gasteiger partial charge in [0, 0.05) is 28.9 Å². The Balaban J connectivity index is 1.32. The van der Waals surface area contributed by atoms with E-state index in [1.165, 1.54) is 0 Å². The summed E-state index contributed by atoms with van der Waals surface area (Å²) in [4.78, 5) is 26.3. The van der Waals surface area contributed by atoms with Gasteiger partial charge in [0.1, 0.15) is 11.3 Å². The van der Waals surface area contributed by atoms with Gasteiger partial charge in [-0.1, -0.05) is 80.1 Å². The molecule has 230 valence electrons. The van der Waals surface area contributed by atoms with Crippen molar-refractivity contribution in [2.45, 2.75) is 46.0 Å². The maximum absolute atomic E-state index is 13.8. The number of benzene rings is 3. The summed E-state index contributed by atoms with van der Waals surface area (Å²) in [5, 5.41) is 4.47. The molecule has 2 N–H and O–H groups in total. The number of carbonyl (C=O) groups is 2. The minimum absolute atomic E-state index is 0.0166. The topological polar surface area (TPSA) is 114 Å². The largest absolute Gasteiger partial charge is 0.456 e. The molecule has 3 aromatic carbocycles. The predicted octanol–water partition coefficient (Wildman–Crippen LogP) is 8.39. The summed E-state index contributed by atoms with van der Waals surface area (Å²) in [6.45, 7) is 4.37. The standard InChI is InChI=1S/C35H36ClNO6S/c1-35(2)17-15-24(16-18-35)28(20-23-9-11-25(12-10-23)31(38)7-5-19-44(40,41)42)34(39)37-30-14-13-27(21-29(30)36)33-22-26-6-3-4-8-32(26)43-33/h3-4,6,8-15,17,21-22,24,28H,5,7,16,18-20H2,1-2H3,(H,37,39)(H,40,41,42).